The van der Waals surface area contributed by atoms with Gasteiger partial charge in [0.1, 0.15) is 0 Å². The van der Waals surface area contributed by atoms with Crippen molar-refractivity contribution >= 4 is 260 Å². The fourth-order valence-corrected chi connectivity index (χ4v) is 117. The molecule has 131 heavy (non-hydrogen) atoms. The molecule has 5 aromatic carbocycles. The molecular formula is C84H196O20Si27. The number of rotatable bonds is 45. The lowest BCUT2D eigenvalue weighted by Gasteiger charge is -2.40. The van der Waals surface area contributed by atoms with Crippen LogP contribution in [-0.4, -0.2) is 234 Å². The first-order chi connectivity index (χ1) is 58.5. The highest BCUT2D eigenvalue weighted by atomic mass is 28.5. The van der Waals surface area contributed by atoms with Gasteiger partial charge in [-0.05, 0) is 379 Å². The van der Waals surface area contributed by atoms with Crippen molar-refractivity contribution in [1.29, 1.82) is 0 Å². The van der Waals surface area contributed by atoms with E-state index in [1.165, 1.54) is 15.6 Å². The standard InChI is InChI=1S/C21H38O4Si5.C16H36O4Si5.C13H28O3Si4.C12H24O2Si3.C9H28O3Si4.C7H22O2Si3.C6H20O2Si3/c1-26(22-29(8,9)24-27(2,3)4)23-30(25-28(5,6)7,20-16-12-10-13-17-20)21-18-14-11-15-19-21;1-21(17-24(8,9)19-22(2,3)4)18-25(10,20-23(5,6)7)16-14-12-11-13-15-16;1-17(2)14-19(5,6)16-20(7,15-18(3)4)13-11-9-8-10-12-13;1-15(2)13-17(5,6)14-16(3,4)12-10-8-7-9-11-12;1-13(10-14(2,3)4)11-16(8,9)12-15(5,6)7;1-10(2)8-12(6,7)9-11(3,4)5;1-9(2)7-11(5,6)8-10(3)4/h10-19,26H,1-9H3;11-15,21H,1-10H3;8-12,17-18H,1-7H3;7-11,15H,1-6H3;13H,1-9H3;10H,1-7H3;9-10H,1-6H3. The van der Waals surface area contributed by atoms with Crippen molar-refractivity contribution in [3.8, 4) is 0 Å². The SMILES string of the molecule is C[SiH](C)O[Si](C)(C)O[SiH](C)C.C[SiH](C)O[Si](C)(C)O[Si](C)(C)C.C[SiH](C)O[Si](C)(C)O[Si](C)(C)c1ccccc1.C[SiH](C)O[Si](C)(C)O[Si](C)(O[SiH](C)C)c1ccccc1.C[SiH](O[Si](C)(C)C)O[Si](C)(C)O[Si](C)(C)C.C[SiH](O[Si](C)(C)O[Si](C)(C)C)O[Si](C)(O[Si](C)(C)C)c1ccccc1.C[SiH](O[Si](C)(C)O[Si](C)(C)C)O[Si](O[Si](C)(C)C)(c1ccccc1)c1ccccc1. The quantitative estimate of drug-likeness (QED) is 0.0335. The van der Waals surface area contributed by atoms with Crippen molar-refractivity contribution in [1.82, 2.24) is 0 Å². The Morgan fingerprint density at radius 3 is 0.595 bits per heavy atom. The van der Waals surface area contributed by atoms with E-state index in [1.54, 1.807) is 0 Å². The molecule has 20 nitrogen and oxygen atoms in total. The summed E-state index contributed by atoms with van der Waals surface area (Å²) < 4.78 is 126. The van der Waals surface area contributed by atoms with Crippen molar-refractivity contribution in [2.45, 2.75) is 354 Å². The first-order valence-corrected chi connectivity index (χ1v) is 123. The summed E-state index contributed by atoms with van der Waals surface area (Å²) in [6.45, 7) is 118. The zero-order valence-electron chi connectivity index (χ0n) is 93.3. The van der Waals surface area contributed by atoms with E-state index in [0.717, 1.165) is 10.4 Å². The van der Waals surface area contributed by atoms with Crippen LogP contribution in [0.5, 0.6) is 0 Å². The summed E-state index contributed by atoms with van der Waals surface area (Å²) in [5, 5.41) is 5.98. The molecule has 0 heterocycles. The van der Waals surface area contributed by atoms with E-state index in [2.05, 4.69) is 475 Å². The average Bonchev–Trinajstić information content (AvgIpc) is 0.760. The lowest BCUT2D eigenvalue weighted by atomic mass is 10.4. The molecule has 0 spiro atoms. The second-order valence-electron chi connectivity index (χ2n) is 45.7. The van der Waals surface area contributed by atoms with Crippen molar-refractivity contribution in [2.75, 3.05) is 0 Å². The van der Waals surface area contributed by atoms with Gasteiger partial charge in [-0.15, -0.1) is 0 Å². The van der Waals surface area contributed by atoms with E-state index in [4.69, 9.17) is 82.3 Å². The summed E-state index contributed by atoms with van der Waals surface area (Å²) in [6.07, 6.45) is 0. The molecule has 0 aliphatic heterocycles. The topological polar surface area (TPSA) is 185 Å². The smallest absolute Gasteiger partial charge is 0.387 e. The maximum Gasteiger partial charge on any atom is 0.387 e. The number of hydrogen-bond acceptors (Lipinski definition) is 20. The Labute approximate surface area is 839 Å². The van der Waals surface area contributed by atoms with E-state index in [1.807, 2.05) is 30.3 Å². The second kappa shape index (κ2) is 57.7. The third-order valence-corrected chi connectivity index (χ3v) is 101. The molecule has 0 aromatic heterocycles. The predicted octanol–water partition coefficient (Wildman–Crippen LogP) is 21.8. The maximum absolute atomic E-state index is 6.98. The minimum absolute atomic E-state index is 0.895. The molecular weight excluding hydrogens is 2090 g/mol. The largest absolute Gasteiger partial charge is 0.440 e. The molecule has 0 bridgehead atoms. The van der Waals surface area contributed by atoms with Gasteiger partial charge in [0, 0.05) is 0 Å². The van der Waals surface area contributed by atoms with Crippen molar-refractivity contribution < 1.29 is 82.3 Å². The summed E-state index contributed by atoms with van der Waals surface area (Å²) in [6, 6.07) is 52.2. The van der Waals surface area contributed by atoms with Gasteiger partial charge >= 0.3 is 104 Å². The lowest BCUT2D eigenvalue weighted by Crippen LogP contribution is -2.69. The van der Waals surface area contributed by atoms with Crippen LogP contribution >= 0.6 is 0 Å². The Morgan fingerprint density at radius 1 is 0.153 bits per heavy atom. The highest BCUT2D eigenvalue weighted by molar-refractivity contribution is 7.01. The number of hydrogen-bond donors (Lipinski definition) is 0. The first-order valence-electron chi connectivity index (χ1n) is 47.5. The Balaban J connectivity index is 0. The molecule has 760 valence electrons. The van der Waals surface area contributed by atoms with Crippen LogP contribution in [-0.2, 0) is 82.3 Å². The molecule has 0 N–H and O–H groups in total. The Hall–Kier alpha value is 1.16. The molecule has 0 aliphatic rings. The minimum atomic E-state index is -2.93. The normalized spacial score (nSPS) is 15.1. The lowest BCUT2D eigenvalue weighted by molar-refractivity contribution is 0.322. The molecule has 47 heteroatoms. The Morgan fingerprint density at radius 2 is 0.351 bits per heavy atom. The second-order valence-corrected chi connectivity index (χ2v) is 140. The Kier molecular flexibility index (Phi) is 59.2. The third kappa shape index (κ3) is 68.2. The van der Waals surface area contributed by atoms with E-state index in [-0.39, 0.29) is 0 Å². The van der Waals surface area contributed by atoms with Crippen LogP contribution in [0.15, 0.2) is 152 Å². The first kappa shape index (κ1) is 134. The van der Waals surface area contributed by atoms with Gasteiger partial charge < -0.3 is 82.3 Å². The predicted molar refractivity (Wildman–Crippen MR) is 637 cm³/mol. The van der Waals surface area contributed by atoms with Gasteiger partial charge in [0.15, 0.2) is 112 Å². The van der Waals surface area contributed by atoms with Gasteiger partial charge in [0.25, 0.3) is 9.28 Å². The molecule has 0 aliphatic carbocycles. The van der Waals surface area contributed by atoms with Crippen LogP contribution < -0.4 is 25.9 Å². The van der Waals surface area contributed by atoms with Gasteiger partial charge in [0.2, 0.25) is 8.32 Å². The van der Waals surface area contributed by atoms with Crippen LogP contribution in [0.1, 0.15) is 0 Å². The Bertz CT molecular complexity index is 3820. The molecule has 5 unspecified atom stereocenters. The van der Waals surface area contributed by atoms with E-state index in [9.17, 15) is 0 Å². The zero-order valence-corrected chi connectivity index (χ0v) is 122. The van der Waals surface area contributed by atoms with Gasteiger partial charge in [-0.1, -0.05) is 152 Å². The van der Waals surface area contributed by atoms with Crippen LogP contribution in [0.4, 0.5) is 0 Å². The molecule has 0 amide bonds. The van der Waals surface area contributed by atoms with E-state index >= 15 is 0 Å². The highest BCUT2D eigenvalue weighted by Crippen LogP contribution is 2.28. The molecule has 5 atom stereocenters. The summed E-state index contributed by atoms with van der Waals surface area (Å²) in [4.78, 5) is 0. The van der Waals surface area contributed by atoms with Crippen LogP contribution in [0, 0.1) is 0 Å². The van der Waals surface area contributed by atoms with Gasteiger partial charge in [-0.2, -0.15) is 0 Å². The number of benzene rings is 5. The fourth-order valence-electron chi connectivity index (χ4n) is 15.3. The zero-order chi connectivity index (χ0) is 103. The average molecular weight is 2280 g/mol. The monoisotopic (exact) mass is 2280 g/mol. The van der Waals surface area contributed by atoms with Gasteiger partial charge in [0.05, 0.1) is 0 Å². The molecule has 0 radical (unpaired) electrons. The van der Waals surface area contributed by atoms with Crippen LogP contribution in [0.25, 0.3) is 0 Å². The molecule has 0 fully saturated rings. The van der Waals surface area contributed by atoms with Crippen molar-refractivity contribution in [3.05, 3.63) is 152 Å². The van der Waals surface area contributed by atoms with Crippen molar-refractivity contribution in [2.24, 2.45) is 0 Å². The summed E-state index contributed by atoms with van der Waals surface area (Å²) in [5.41, 5.74) is 0. The van der Waals surface area contributed by atoms with Gasteiger partial charge in [-0.3, -0.25) is 0 Å². The van der Waals surface area contributed by atoms with E-state index < -0.39 is 234 Å². The summed E-state index contributed by atoms with van der Waals surface area (Å²) >= 11 is 0. The molecule has 0 saturated heterocycles. The van der Waals surface area contributed by atoms with Crippen molar-refractivity contribution in [3.63, 3.8) is 0 Å². The fraction of sp³-hybridized carbons (Fsp3) is 0.643. The minimum Gasteiger partial charge on any atom is -0.440 e. The summed E-state index contributed by atoms with van der Waals surface area (Å²) in [7, 11) is -46.5. The third-order valence-electron chi connectivity index (χ3n) is 16.1. The van der Waals surface area contributed by atoms with Crippen LogP contribution in [0.2, 0.25) is 354 Å². The highest BCUT2D eigenvalue weighted by Gasteiger charge is 2.50. The maximum atomic E-state index is 6.98. The molecule has 5 rings (SSSR count). The van der Waals surface area contributed by atoms with Gasteiger partial charge in [-0.25, -0.2) is 0 Å². The van der Waals surface area contributed by atoms with E-state index in [0.29, 0.717) is 0 Å². The summed E-state index contributed by atoms with van der Waals surface area (Å²) in [5.74, 6) is 0. The molecule has 5 aromatic rings. The van der Waals surface area contributed by atoms with Crippen LogP contribution in [0.3, 0.4) is 0 Å². The molecule has 0 saturated carbocycles.